The van der Waals surface area contributed by atoms with Crippen LogP contribution in [0.25, 0.3) is 0 Å². The highest BCUT2D eigenvalue weighted by molar-refractivity contribution is 5.48. The van der Waals surface area contributed by atoms with Gasteiger partial charge in [0.1, 0.15) is 0 Å². The van der Waals surface area contributed by atoms with Crippen LogP contribution in [0.5, 0.6) is 0 Å². The number of anilines is 2. The van der Waals surface area contributed by atoms with E-state index in [0.717, 1.165) is 32.1 Å². The summed E-state index contributed by atoms with van der Waals surface area (Å²) in [5.41, 5.74) is 5.16. The maximum Gasteiger partial charge on any atom is 0.0342 e. The minimum absolute atomic E-state index is 0.570. The van der Waals surface area contributed by atoms with Crippen LogP contribution in [-0.2, 0) is 6.42 Å². The van der Waals surface area contributed by atoms with Crippen LogP contribution in [0, 0.1) is 0 Å². The molecule has 0 spiro atoms. The van der Waals surface area contributed by atoms with E-state index in [1.54, 1.807) is 0 Å². The van der Waals surface area contributed by atoms with Crippen LogP contribution < -0.4 is 10.6 Å². The summed E-state index contributed by atoms with van der Waals surface area (Å²) in [5.74, 6) is 0. The topological polar surface area (TPSA) is 24.1 Å². The predicted molar refractivity (Wildman–Crippen MR) is 112 cm³/mol. The Labute approximate surface area is 154 Å². The van der Waals surface area contributed by atoms with Gasteiger partial charge in [-0.3, -0.25) is 0 Å². The summed E-state index contributed by atoms with van der Waals surface area (Å²) >= 11 is 0. The molecule has 136 valence electrons. The first kappa shape index (κ1) is 19.4. The van der Waals surface area contributed by atoms with Crippen molar-refractivity contribution in [1.29, 1.82) is 0 Å². The average Bonchev–Trinajstić information content (AvgIpc) is 2.66. The molecule has 0 unspecified atom stereocenters. The highest BCUT2D eigenvalue weighted by Gasteiger charge is 2.05. The van der Waals surface area contributed by atoms with E-state index < -0.39 is 0 Å². The van der Waals surface area contributed by atoms with Gasteiger partial charge in [0, 0.05) is 23.5 Å². The van der Waals surface area contributed by atoms with Crippen molar-refractivity contribution >= 4 is 11.4 Å². The minimum atomic E-state index is 0.570. The summed E-state index contributed by atoms with van der Waals surface area (Å²) < 4.78 is 0. The van der Waals surface area contributed by atoms with Gasteiger partial charge in [-0.25, -0.2) is 0 Å². The van der Waals surface area contributed by atoms with Crippen molar-refractivity contribution in [2.45, 2.75) is 71.9 Å². The van der Waals surface area contributed by atoms with Gasteiger partial charge in [0.2, 0.25) is 0 Å². The summed E-state index contributed by atoms with van der Waals surface area (Å²) in [7, 11) is 0. The number of benzene rings is 2. The predicted octanol–water partition coefficient (Wildman–Crippen LogP) is 6.48. The lowest BCUT2D eigenvalue weighted by atomic mass is 10.0. The van der Waals surface area contributed by atoms with Gasteiger partial charge in [0.25, 0.3) is 0 Å². The molecule has 0 aromatic heterocycles. The molecule has 2 nitrogen and oxygen atoms in total. The second kappa shape index (κ2) is 10.1. The Kier molecular flexibility index (Phi) is 7.84. The van der Waals surface area contributed by atoms with Gasteiger partial charge in [-0.1, -0.05) is 52.0 Å². The Balaban J connectivity index is 1.93. The molecule has 0 amide bonds. The molecule has 2 heteroatoms. The fourth-order valence-corrected chi connectivity index (χ4v) is 3.13. The van der Waals surface area contributed by atoms with Crippen LogP contribution >= 0.6 is 0 Å². The number of nitrogens with one attached hydrogen (secondary N) is 2. The van der Waals surface area contributed by atoms with Gasteiger partial charge in [0.15, 0.2) is 0 Å². The second-order valence-electron chi connectivity index (χ2n) is 6.89. The fourth-order valence-electron chi connectivity index (χ4n) is 3.13. The summed E-state index contributed by atoms with van der Waals surface area (Å²) in [6.07, 6.45) is 5.63. The van der Waals surface area contributed by atoms with E-state index in [1.165, 1.54) is 22.5 Å². The Morgan fingerprint density at radius 1 is 0.560 bits per heavy atom. The smallest absolute Gasteiger partial charge is 0.0342 e. The molecule has 0 aliphatic heterocycles. The van der Waals surface area contributed by atoms with Crippen LogP contribution in [0.4, 0.5) is 11.4 Å². The lowest BCUT2D eigenvalue weighted by Crippen LogP contribution is -2.16. The lowest BCUT2D eigenvalue weighted by molar-refractivity contribution is 0.672. The molecule has 0 saturated heterocycles. The lowest BCUT2D eigenvalue weighted by Gasteiger charge is -2.17. The number of hydrogen-bond donors (Lipinski definition) is 2. The molecule has 2 aromatic carbocycles. The molecule has 0 bridgehead atoms. The summed E-state index contributed by atoms with van der Waals surface area (Å²) in [6.45, 7) is 8.93. The zero-order valence-electron chi connectivity index (χ0n) is 16.3. The Bertz CT molecular complexity index is 537. The van der Waals surface area contributed by atoms with Gasteiger partial charge >= 0.3 is 0 Å². The molecule has 0 aliphatic carbocycles. The zero-order chi connectivity index (χ0) is 18.1. The third kappa shape index (κ3) is 6.12. The molecule has 2 rings (SSSR count). The molecule has 2 N–H and O–H groups in total. The van der Waals surface area contributed by atoms with Crippen LogP contribution in [-0.4, -0.2) is 12.1 Å². The van der Waals surface area contributed by atoms with Crippen LogP contribution in [0.2, 0.25) is 0 Å². The van der Waals surface area contributed by atoms with E-state index >= 15 is 0 Å². The van der Waals surface area contributed by atoms with Gasteiger partial charge in [0.05, 0.1) is 0 Å². The molecule has 0 radical (unpaired) electrons. The number of rotatable bonds is 10. The quantitative estimate of drug-likeness (QED) is 0.518. The Morgan fingerprint density at radius 3 is 1.16 bits per heavy atom. The van der Waals surface area contributed by atoms with E-state index in [1.807, 2.05) is 0 Å². The first-order valence-electron chi connectivity index (χ1n) is 9.89. The molecule has 2 aromatic rings. The van der Waals surface area contributed by atoms with E-state index in [2.05, 4.69) is 86.9 Å². The van der Waals surface area contributed by atoms with Crippen molar-refractivity contribution in [2.24, 2.45) is 0 Å². The zero-order valence-corrected chi connectivity index (χ0v) is 16.3. The van der Waals surface area contributed by atoms with Gasteiger partial charge in [-0.15, -0.1) is 0 Å². The first-order valence-corrected chi connectivity index (χ1v) is 9.89. The third-order valence-corrected chi connectivity index (χ3v) is 5.03. The largest absolute Gasteiger partial charge is 0.382 e. The highest BCUT2D eigenvalue weighted by Crippen LogP contribution is 2.18. The SMILES string of the molecule is CCC(CC)Nc1ccc(Cc2ccc(NC(CC)CC)cc2)cc1. The van der Waals surface area contributed by atoms with Gasteiger partial charge in [-0.2, -0.15) is 0 Å². The summed E-state index contributed by atoms with van der Waals surface area (Å²) in [5, 5.41) is 7.20. The van der Waals surface area contributed by atoms with Crippen LogP contribution in [0.15, 0.2) is 48.5 Å². The third-order valence-electron chi connectivity index (χ3n) is 5.03. The Hall–Kier alpha value is -1.96. The molecule has 0 atom stereocenters. The van der Waals surface area contributed by atoms with Crippen molar-refractivity contribution in [3.63, 3.8) is 0 Å². The molecule has 25 heavy (non-hydrogen) atoms. The standard InChI is InChI=1S/C23H34N2/c1-5-20(6-2)24-22-13-9-18(10-14-22)17-19-11-15-23(16-12-19)25-21(7-3)8-4/h9-16,20-21,24-25H,5-8,17H2,1-4H3. The van der Waals surface area contributed by atoms with Crippen molar-refractivity contribution in [1.82, 2.24) is 0 Å². The van der Waals surface area contributed by atoms with E-state index in [9.17, 15) is 0 Å². The molecule has 0 heterocycles. The van der Waals surface area contributed by atoms with E-state index in [0.29, 0.717) is 12.1 Å². The van der Waals surface area contributed by atoms with Crippen molar-refractivity contribution < 1.29 is 0 Å². The minimum Gasteiger partial charge on any atom is -0.382 e. The molecular formula is C23H34N2. The van der Waals surface area contributed by atoms with Crippen LogP contribution in [0.1, 0.15) is 64.5 Å². The molecule has 0 saturated carbocycles. The first-order chi connectivity index (χ1) is 12.2. The molecular weight excluding hydrogens is 304 g/mol. The number of hydrogen-bond acceptors (Lipinski definition) is 2. The van der Waals surface area contributed by atoms with Crippen LogP contribution in [0.3, 0.4) is 0 Å². The Morgan fingerprint density at radius 2 is 0.880 bits per heavy atom. The maximum absolute atomic E-state index is 3.60. The van der Waals surface area contributed by atoms with Crippen molar-refractivity contribution in [3.8, 4) is 0 Å². The van der Waals surface area contributed by atoms with Gasteiger partial charge < -0.3 is 10.6 Å². The van der Waals surface area contributed by atoms with Crippen molar-refractivity contribution in [2.75, 3.05) is 10.6 Å². The summed E-state index contributed by atoms with van der Waals surface area (Å²) in [4.78, 5) is 0. The normalized spacial score (nSPS) is 11.1. The van der Waals surface area contributed by atoms with E-state index in [-0.39, 0.29) is 0 Å². The van der Waals surface area contributed by atoms with E-state index in [4.69, 9.17) is 0 Å². The fraction of sp³-hybridized carbons (Fsp3) is 0.478. The monoisotopic (exact) mass is 338 g/mol. The summed E-state index contributed by atoms with van der Waals surface area (Å²) in [6, 6.07) is 18.9. The average molecular weight is 339 g/mol. The highest BCUT2D eigenvalue weighted by atomic mass is 14.9. The molecule has 0 aliphatic rings. The maximum atomic E-state index is 3.60. The second-order valence-corrected chi connectivity index (χ2v) is 6.89. The molecule has 0 fully saturated rings. The van der Waals surface area contributed by atoms with Gasteiger partial charge in [-0.05, 0) is 67.5 Å². The van der Waals surface area contributed by atoms with Crippen molar-refractivity contribution in [3.05, 3.63) is 59.7 Å².